The molecule has 0 bridgehead atoms. The van der Waals surface area contributed by atoms with Crippen molar-refractivity contribution in [2.24, 2.45) is 0 Å². The third kappa shape index (κ3) is 4.95. The number of benzene rings is 1. The van der Waals surface area contributed by atoms with Crippen LogP contribution in [0.5, 0.6) is 5.75 Å². The molecule has 1 saturated heterocycles. The number of para-hydroxylation sites is 2. The summed E-state index contributed by atoms with van der Waals surface area (Å²) in [6, 6.07) is 12.0. The largest absolute Gasteiger partial charge is 0.491 e. The Labute approximate surface area is 152 Å². The quantitative estimate of drug-likeness (QED) is 0.741. The minimum absolute atomic E-state index is 0.147. The van der Waals surface area contributed by atoms with Crippen molar-refractivity contribution < 1.29 is 14.3 Å². The average Bonchev–Trinajstić information content (AvgIpc) is 2.66. The van der Waals surface area contributed by atoms with E-state index in [0.29, 0.717) is 37.4 Å². The lowest BCUT2D eigenvalue weighted by Crippen LogP contribution is -2.51. The topological polar surface area (TPSA) is 92.3 Å². The molecule has 136 valence electrons. The van der Waals surface area contributed by atoms with E-state index in [1.165, 1.54) is 0 Å². The third-order valence-corrected chi connectivity index (χ3v) is 4.07. The number of carbonyl (C=O) groups excluding carboxylic acids is 2. The molecular weight excluding hydrogens is 332 g/mol. The second kappa shape index (κ2) is 8.84. The lowest BCUT2D eigenvalue weighted by atomic mass is 10.1. The summed E-state index contributed by atoms with van der Waals surface area (Å²) >= 11 is 0. The average molecular weight is 354 g/mol. The molecule has 1 atom stereocenters. The summed E-state index contributed by atoms with van der Waals surface area (Å²) in [6.45, 7) is 1.11. The summed E-state index contributed by atoms with van der Waals surface area (Å²) in [4.78, 5) is 28.2. The zero-order valence-corrected chi connectivity index (χ0v) is 14.4. The number of rotatable bonds is 6. The van der Waals surface area contributed by atoms with E-state index >= 15 is 0 Å². The van der Waals surface area contributed by atoms with Gasteiger partial charge in [-0.15, -0.1) is 0 Å². The van der Waals surface area contributed by atoms with Gasteiger partial charge in [-0.25, -0.2) is 4.79 Å². The number of hydrogen-bond donors (Lipinski definition) is 3. The van der Waals surface area contributed by atoms with Crippen LogP contribution in [-0.4, -0.2) is 36.1 Å². The first-order valence-electron chi connectivity index (χ1n) is 8.69. The molecule has 26 heavy (non-hydrogen) atoms. The van der Waals surface area contributed by atoms with E-state index in [0.717, 1.165) is 12.1 Å². The first-order valence-corrected chi connectivity index (χ1v) is 8.69. The Hall–Kier alpha value is -3.09. The molecule has 3 N–H and O–H groups in total. The van der Waals surface area contributed by atoms with Gasteiger partial charge in [0.15, 0.2) is 0 Å². The van der Waals surface area contributed by atoms with Gasteiger partial charge in [-0.3, -0.25) is 9.78 Å². The Morgan fingerprint density at radius 1 is 1.23 bits per heavy atom. The van der Waals surface area contributed by atoms with Gasteiger partial charge in [-0.1, -0.05) is 18.2 Å². The maximum atomic E-state index is 12.2. The number of ether oxygens (including phenoxy) is 1. The molecule has 1 aliphatic heterocycles. The molecule has 1 aromatic heterocycles. The molecule has 0 saturated carbocycles. The number of pyridine rings is 1. The van der Waals surface area contributed by atoms with Crippen molar-refractivity contribution in [2.75, 3.05) is 18.5 Å². The Morgan fingerprint density at radius 2 is 2.08 bits per heavy atom. The molecule has 1 fully saturated rings. The van der Waals surface area contributed by atoms with E-state index in [2.05, 4.69) is 20.9 Å². The second-order valence-corrected chi connectivity index (χ2v) is 6.00. The maximum absolute atomic E-state index is 12.2. The summed E-state index contributed by atoms with van der Waals surface area (Å²) < 4.78 is 5.79. The predicted octanol–water partition coefficient (Wildman–Crippen LogP) is 2.10. The first kappa shape index (κ1) is 17.7. The molecule has 2 heterocycles. The van der Waals surface area contributed by atoms with Crippen LogP contribution in [0.4, 0.5) is 10.5 Å². The van der Waals surface area contributed by atoms with Gasteiger partial charge in [-0.05, 0) is 37.1 Å². The van der Waals surface area contributed by atoms with Crippen molar-refractivity contribution in [1.82, 2.24) is 15.6 Å². The van der Waals surface area contributed by atoms with Crippen molar-refractivity contribution in [3.8, 4) is 5.75 Å². The van der Waals surface area contributed by atoms with Crippen molar-refractivity contribution in [2.45, 2.75) is 25.3 Å². The molecule has 0 aliphatic carbocycles. The minimum atomic E-state index is -0.499. The number of nitrogens with zero attached hydrogens (tertiary/aromatic N) is 1. The highest BCUT2D eigenvalue weighted by Crippen LogP contribution is 2.23. The smallest absolute Gasteiger partial charge is 0.319 e. The van der Waals surface area contributed by atoms with Crippen LogP contribution in [0.25, 0.3) is 0 Å². The summed E-state index contributed by atoms with van der Waals surface area (Å²) in [6.07, 6.45) is 3.91. The molecule has 1 aromatic carbocycles. The number of hydrogen-bond acceptors (Lipinski definition) is 4. The highest BCUT2D eigenvalue weighted by atomic mass is 16.5. The molecule has 3 amide bonds. The molecule has 1 aliphatic rings. The zero-order chi connectivity index (χ0) is 18.2. The highest BCUT2D eigenvalue weighted by Gasteiger charge is 2.23. The van der Waals surface area contributed by atoms with Crippen molar-refractivity contribution in [1.29, 1.82) is 0 Å². The van der Waals surface area contributed by atoms with Crippen LogP contribution in [0, 0.1) is 0 Å². The fourth-order valence-electron chi connectivity index (χ4n) is 2.73. The number of amides is 3. The SMILES string of the molecule is O=C(Nc1ccccc1OCCc1ccccn1)NC1CCCNC1=O. The monoisotopic (exact) mass is 354 g/mol. The number of piperidine rings is 1. The van der Waals surface area contributed by atoms with Gasteiger partial charge in [-0.2, -0.15) is 0 Å². The number of anilines is 1. The number of carbonyl (C=O) groups is 2. The molecule has 0 spiro atoms. The van der Waals surface area contributed by atoms with Crippen molar-refractivity contribution in [3.05, 3.63) is 54.4 Å². The van der Waals surface area contributed by atoms with Crippen LogP contribution in [0.3, 0.4) is 0 Å². The van der Waals surface area contributed by atoms with Crippen LogP contribution >= 0.6 is 0 Å². The molecule has 1 unspecified atom stereocenters. The molecule has 0 radical (unpaired) electrons. The summed E-state index contributed by atoms with van der Waals surface area (Å²) in [5.41, 5.74) is 1.50. The van der Waals surface area contributed by atoms with Gasteiger partial charge in [0.25, 0.3) is 0 Å². The van der Waals surface area contributed by atoms with E-state index < -0.39 is 12.1 Å². The molecule has 2 aromatic rings. The molecular formula is C19H22N4O3. The molecule has 7 heteroatoms. The summed E-state index contributed by atoms with van der Waals surface area (Å²) in [5, 5.41) is 8.20. The van der Waals surface area contributed by atoms with E-state index in [-0.39, 0.29) is 5.91 Å². The molecule has 7 nitrogen and oxygen atoms in total. The number of nitrogens with one attached hydrogen (secondary N) is 3. The van der Waals surface area contributed by atoms with Crippen LogP contribution in [0.15, 0.2) is 48.7 Å². The normalized spacial score (nSPS) is 16.5. The molecule has 3 rings (SSSR count). The minimum Gasteiger partial charge on any atom is -0.491 e. The summed E-state index contributed by atoms with van der Waals surface area (Å²) in [5.74, 6) is 0.429. The van der Waals surface area contributed by atoms with Gasteiger partial charge < -0.3 is 20.7 Å². The van der Waals surface area contributed by atoms with Gasteiger partial charge in [0, 0.05) is 24.9 Å². The predicted molar refractivity (Wildman–Crippen MR) is 98.1 cm³/mol. The fourth-order valence-corrected chi connectivity index (χ4v) is 2.73. The van der Waals surface area contributed by atoms with Crippen molar-refractivity contribution in [3.63, 3.8) is 0 Å². The number of urea groups is 1. The Bertz CT molecular complexity index is 751. The lowest BCUT2D eigenvalue weighted by molar-refractivity contribution is -0.124. The van der Waals surface area contributed by atoms with Gasteiger partial charge in [0.1, 0.15) is 11.8 Å². The van der Waals surface area contributed by atoms with Crippen LogP contribution in [0.1, 0.15) is 18.5 Å². The highest BCUT2D eigenvalue weighted by molar-refractivity contribution is 5.94. The van der Waals surface area contributed by atoms with Gasteiger partial charge in [0.2, 0.25) is 5.91 Å². The van der Waals surface area contributed by atoms with Crippen LogP contribution in [-0.2, 0) is 11.2 Å². The van der Waals surface area contributed by atoms with Crippen molar-refractivity contribution >= 4 is 17.6 Å². The first-order chi connectivity index (χ1) is 12.7. The zero-order valence-electron chi connectivity index (χ0n) is 14.4. The third-order valence-electron chi connectivity index (χ3n) is 4.07. The standard InChI is InChI=1S/C19H22N4O3/c24-18-16(8-5-12-21-18)23-19(25)22-15-7-1-2-9-17(15)26-13-10-14-6-3-4-11-20-14/h1-4,6-7,9,11,16H,5,8,10,12-13H2,(H,21,24)(H2,22,23,25). The van der Waals surface area contributed by atoms with E-state index in [4.69, 9.17) is 4.74 Å². The fraction of sp³-hybridized carbons (Fsp3) is 0.316. The Balaban J connectivity index is 1.54. The van der Waals surface area contributed by atoms with Crippen LogP contribution < -0.4 is 20.7 Å². The van der Waals surface area contributed by atoms with Crippen LogP contribution in [0.2, 0.25) is 0 Å². The second-order valence-electron chi connectivity index (χ2n) is 6.00. The Morgan fingerprint density at radius 3 is 2.88 bits per heavy atom. The van der Waals surface area contributed by atoms with Gasteiger partial charge in [0.05, 0.1) is 12.3 Å². The number of aromatic nitrogens is 1. The maximum Gasteiger partial charge on any atom is 0.319 e. The van der Waals surface area contributed by atoms with E-state index in [1.54, 1.807) is 18.3 Å². The Kier molecular flexibility index (Phi) is 6.03. The summed E-state index contributed by atoms with van der Waals surface area (Å²) in [7, 11) is 0. The lowest BCUT2D eigenvalue weighted by Gasteiger charge is -2.23. The van der Waals surface area contributed by atoms with Gasteiger partial charge >= 0.3 is 6.03 Å². The van der Waals surface area contributed by atoms with E-state index in [1.807, 2.05) is 30.3 Å². The van der Waals surface area contributed by atoms with E-state index in [9.17, 15) is 9.59 Å².